The number of carboxylic acid groups (broad SMARTS) is 1. The molecule has 3 heteroatoms. The van der Waals surface area contributed by atoms with E-state index in [4.69, 9.17) is 9.84 Å². The van der Waals surface area contributed by atoms with Crippen LogP contribution in [0.2, 0.25) is 0 Å². The summed E-state index contributed by atoms with van der Waals surface area (Å²) in [4.78, 5) is 10.3. The highest BCUT2D eigenvalue weighted by Gasteiger charge is 1.96. The smallest absolute Gasteiger partial charge is 0.328 e. The van der Waals surface area contributed by atoms with E-state index in [9.17, 15) is 4.79 Å². The molecule has 0 fully saturated rings. The Morgan fingerprint density at radius 3 is 2.53 bits per heavy atom. The fraction of sp³-hybridized carbons (Fsp3) is 0.357. The summed E-state index contributed by atoms with van der Waals surface area (Å²) in [5.41, 5.74) is 1.97. The Morgan fingerprint density at radius 2 is 2.00 bits per heavy atom. The van der Waals surface area contributed by atoms with Gasteiger partial charge in [-0.1, -0.05) is 38.1 Å². The van der Waals surface area contributed by atoms with Gasteiger partial charge in [-0.25, -0.2) is 4.79 Å². The molecule has 0 bridgehead atoms. The van der Waals surface area contributed by atoms with Gasteiger partial charge in [-0.2, -0.15) is 0 Å². The minimum atomic E-state index is -0.936. The lowest BCUT2D eigenvalue weighted by Gasteiger charge is -2.06. The third-order valence-corrected chi connectivity index (χ3v) is 2.12. The highest BCUT2D eigenvalue weighted by Crippen LogP contribution is 2.08. The van der Waals surface area contributed by atoms with Crippen LogP contribution in [0.4, 0.5) is 0 Å². The SMILES string of the molecule is CC(C)COCc1ccc(C=CC(=O)O)cc1. The average Bonchev–Trinajstić information content (AvgIpc) is 2.27. The summed E-state index contributed by atoms with van der Waals surface area (Å²) in [5.74, 6) is -0.401. The second-order valence-corrected chi connectivity index (χ2v) is 4.32. The molecular formula is C14H18O3. The van der Waals surface area contributed by atoms with Crippen LogP contribution < -0.4 is 0 Å². The fourth-order valence-electron chi connectivity index (χ4n) is 1.30. The third kappa shape index (κ3) is 5.88. The van der Waals surface area contributed by atoms with Crippen LogP contribution in [0.15, 0.2) is 30.3 Å². The summed E-state index contributed by atoms with van der Waals surface area (Å²) in [7, 11) is 0. The third-order valence-electron chi connectivity index (χ3n) is 2.12. The lowest BCUT2D eigenvalue weighted by atomic mass is 10.1. The van der Waals surface area contributed by atoms with Crippen molar-refractivity contribution in [2.75, 3.05) is 6.61 Å². The van der Waals surface area contributed by atoms with Crippen LogP contribution in [0.5, 0.6) is 0 Å². The largest absolute Gasteiger partial charge is 0.478 e. The fourth-order valence-corrected chi connectivity index (χ4v) is 1.30. The molecule has 0 aliphatic carbocycles. The highest BCUT2D eigenvalue weighted by molar-refractivity contribution is 5.85. The Labute approximate surface area is 102 Å². The quantitative estimate of drug-likeness (QED) is 0.770. The van der Waals surface area contributed by atoms with E-state index in [1.54, 1.807) is 6.08 Å². The molecule has 0 saturated carbocycles. The molecular weight excluding hydrogens is 216 g/mol. The molecule has 0 aliphatic heterocycles. The van der Waals surface area contributed by atoms with E-state index in [0.717, 1.165) is 23.8 Å². The van der Waals surface area contributed by atoms with Crippen LogP contribution in [0, 0.1) is 5.92 Å². The van der Waals surface area contributed by atoms with Crippen molar-refractivity contribution >= 4 is 12.0 Å². The number of carbonyl (C=O) groups is 1. The van der Waals surface area contributed by atoms with Crippen molar-refractivity contribution in [2.24, 2.45) is 5.92 Å². The van der Waals surface area contributed by atoms with E-state index in [1.165, 1.54) is 0 Å². The maximum Gasteiger partial charge on any atom is 0.328 e. The van der Waals surface area contributed by atoms with Crippen molar-refractivity contribution < 1.29 is 14.6 Å². The first-order valence-corrected chi connectivity index (χ1v) is 5.65. The molecule has 0 saturated heterocycles. The van der Waals surface area contributed by atoms with Gasteiger partial charge in [0.1, 0.15) is 0 Å². The van der Waals surface area contributed by atoms with Gasteiger partial charge in [0.25, 0.3) is 0 Å². The summed E-state index contributed by atoms with van der Waals surface area (Å²) in [5, 5.41) is 8.49. The Kier molecular flexibility index (Phi) is 5.43. The number of aliphatic carboxylic acids is 1. The minimum Gasteiger partial charge on any atom is -0.478 e. The number of hydrogen-bond donors (Lipinski definition) is 1. The normalized spacial score (nSPS) is 11.2. The maximum atomic E-state index is 10.3. The van der Waals surface area contributed by atoms with Crippen LogP contribution in [0.25, 0.3) is 6.08 Å². The number of carboxylic acids is 1. The van der Waals surface area contributed by atoms with Crippen LogP contribution in [-0.4, -0.2) is 17.7 Å². The first kappa shape index (κ1) is 13.5. The van der Waals surface area contributed by atoms with Crippen molar-refractivity contribution in [3.63, 3.8) is 0 Å². The maximum absolute atomic E-state index is 10.3. The van der Waals surface area contributed by atoms with Crippen molar-refractivity contribution in [3.8, 4) is 0 Å². The molecule has 92 valence electrons. The molecule has 1 aromatic carbocycles. The molecule has 0 amide bonds. The second kappa shape index (κ2) is 6.86. The molecule has 0 aromatic heterocycles. The lowest BCUT2D eigenvalue weighted by molar-refractivity contribution is -0.131. The zero-order valence-electron chi connectivity index (χ0n) is 10.2. The van der Waals surface area contributed by atoms with Gasteiger partial charge in [0.15, 0.2) is 0 Å². The number of benzene rings is 1. The van der Waals surface area contributed by atoms with Gasteiger partial charge in [0.05, 0.1) is 6.61 Å². The molecule has 1 rings (SSSR count). The van der Waals surface area contributed by atoms with E-state index < -0.39 is 5.97 Å². The number of rotatable bonds is 6. The van der Waals surface area contributed by atoms with E-state index in [-0.39, 0.29) is 0 Å². The molecule has 0 unspecified atom stereocenters. The molecule has 0 spiro atoms. The minimum absolute atomic E-state index is 0.535. The Bertz CT molecular complexity index is 377. The first-order chi connectivity index (χ1) is 8.08. The van der Waals surface area contributed by atoms with Crippen molar-refractivity contribution in [3.05, 3.63) is 41.5 Å². The summed E-state index contributed by atoms with van der Waals surface area (Å²) in [6.45, 7) is 5.57. The summed E-state index contributed by atoms with van der Waals surface area (Å²) < 4.78 is 5.51. The van der Waals surface area contributed by atoms with Gasteiger partial charge in [0.2, 0.25) is 0 Å². The van der Waals surface area contributed by atoms with Gasteiger partial charge in [-0.05, 0) is 23.1 Å². The predicted octanol–water partition coefficient (Wildman–Crippen LogP) is 2.96. The summed E-state index contributed by atoms with van der Waals surface area (Å²) in [6, 6.07) is 7.66. The molecule has 0 aliphatic rings. The van der Waals surface area contributed by atoms with Gasteiger partial charge in [-0.15, -0.1) is 0 Å². The van der Waals surface area contributed by atoms with Crippen LogP contribution >= 0.6 is 0 Å². The Balaban J connectivity index is 2.47. The van der Waals surface area contributed by atoms with E-state index in [2.05, 4.69) is 13.8 Å². The molecule has 0 heterocycles. The number of ether oxygens (including phenoxy) is 1. The molecule has 0 radical (unpaired) electrons. The van der Waals surface area contributed by atoms with Crippen LogP contribution in [-0.2, 0) is 16.1 Å². The van der Waals surface area contributed by atoms with E-state index in [1.807, 2.05) is 24.3 Å². The second-order valence-electron chi connectivity index (χ2n) is 4.32. The molecule has 3 nitrogen and oxygen atoms in total. The van der Waals surface area contributed by atoms with Crippen LogP contribution in [0.1, 0.15) is 25.0 Å². The Hall–Kier alpha value is -1.61. The zero-order valence-corrected chi connectivity index (χ0v) is 10.2. The zero-order chi connectivity index (χ0) is 12.7. The molecule has 17 heavy (non-hydrogen) atoms. The Morgan fingerprint density at radius 1 is 1.35 bits per heavy atom. The van der Waals surface area contributed by atoms with Gasteiger partial charge in [0, 0.05) is 12.7 Å². The van der Waals surface area contributed by atoms with Crippen molar-refractivity contribution in [1.29, 1.82) is 0 Å². The molecule has 0 atom stereocenters. The standard InChI is InChI=1S/C14H18O3/c1-11(2)9-17-10-13-5-3-12(4-6-13)7-8-14(15)16/h3-8,11H,9-10H2,1-2H3,(H,15,16). The predicted molar refractivity (Wildman–Crippen MR) is 67.6 cm³/mol. The monoisotopic (exact) mass is 234 g/mol. The highest BCUT2D eigenvalue weighted by atomic mass is 16.5. The van der Waals surface area contributed by atoms with Gasteiger partial charge in [-0.3, -0.25) is 0 Å². The van der Waals surface area contributed by atoms with E-state index >= 15 is 0 Å². The van der Waals surface area contributed by atoms with Crippen molar-refractivity contribution in [1.82, 2.24) is 0 Å². The first-order valence-electron chi connectivity index (χ1n) is 5.65. The van der Waals surface area contributed by atoms with Crippen molar-refractivity contribution in [2.45, 2.75) is 20.5 Å². The molecule has 1 N–H and O–H groups in total. The lowest BCUT2D eigenvalue weighted by Crippen LogP contribution is -2.01. The van der Waals surface area contributed by atoms with Crippen LogP contribution in [0.3, 0.4) is 0 Å². The van der Waals surface area contributed by atoms with E-state index in [0.29, 0.717) is 12.5 Å². The topological polar surface area (TPSA) is 46.5 Å². The average molecular weight is 234 g/mol. The summed E-state index contributed by atoms with van der Waals surface area (Å²) in [6.07, 6.45) is 2.70. The van der Waals surface area contributed by atoms with Gasteiger partial charge >= 0.3 is 5.97 Å². The van der Waals surface area contributed by atoms with Gasteiger partial charge < -0.3 is 9.84 Å². The molecule has 1 aromatic rings. The summed E-state index contributed by atoms with van der Waals surface area (Å²) >= 11 is 0. The number of hydrogen-bond acceptors (Lipinski definition) is 2.